The zero-order valence-corrected chi connectivity index (χ0v) is 14.5. The maximum absolute atomic E-state index is 5.87. The number of hydrogen-bond donors (Lipinski definition) is 1. The number of rotatable bonds is 5. The van der Waals surface area contributed by atoms with Crippen LogP contribution < -0.4 is 10.2 Å². The fourth-order valence-corrected chi connectivity index (χ4v) is 3.72. The van der Waals surface area contributed by atoms with Crippen molar-refractivity contribution in [1.82, 2.24) is 5.32 Å². The van der Waals surface area contributed by atoms with Crippen LogP contribution in [0.5, 0.6) is 0 Å². The van der Waals surface area contributed by atoms with E-state index in [0.29, 0.717) is 18.1 Å². The topological polar surface area (TPSA) is 33.7 Å². The second kappa shape index (κ2) is 8.13. The largest absolute Gasteiger partial charge is 0.381 e. The molecule has 128 valence electrons. The lowest BCUT2D eigenvalue weighted by Crippen LogP contribution is -2.46. The molecule has 0 saturated carbocycles. The first-order valence-electron chi connectivity index (χ1n) is 8.99. The monoisotopic (exact) mass is 318 g/mol. The van der Waals surface area contributed by atoms with Gasteiger partial charge < -0.3 is 19.7 Å². The third kappa shape index (κ3) is 4.69. The van der Waals surface area contributed by atoms with Crippen LogP contribution in [-0.4, -0.2) is 45.1 Å². The summed E-state index contributed by atoms with van der Waals surface area (Å²) in [6, 6.07) is 8.76. The van der Waals surface area contributed by atoms with Crippen LogP contribution in [-0.2, 0) is 16.0 Å². The Morgan fingerprint density at radius 3 is 2.70 bits per heavy atom. The fourth-order valence-electron chi connectivity index (χ4n) is 3.72. The van der Waals surface area contributed by atoms with Crippen LogP contribution in [0.15, 0.2) is 24.3 Å². The second-order valence-corrected chi connectivity index (χ2v) is 7.01. The SMILES string of the molecule is CC1CN(c2ccccc2CNCC2CCCOC2)CC(C)O1. The highest BCUT2D eigenvalue weighted by molar-refractivity contribution is 5.54. The molecule has 3 atom stereocenters. The van der Waals surface area contributed by atoms with E-state index in [0.717, 1.165) is 39.4 Å². The molecule has 2 heterocycles. The number of para-hydroxylation sites is 1. The summed E-state index contributed by atoms with van der Waals surface area (Å²) in [5.74, 6) is 0.666. The highest BCUT2D eigenvalue weighted by atomic mass is 16.5. The van der Waals surface area contributed by atoms with Gasteiger partial charge in [0.15, 0.2) is 0 Å². The van der Waals surface area contributed by atoms with Gasteiger partial charge in [0.1, 0.15) is 0 Å². The molecule has 0 bridgehead atoms. The lowest BCUT2D eigenvalue weighted by atomic mass is 10.0. The first-order valence-corrected chi connectivity index (χ1v) is 8.99. The molecular formula is C19H30N2O2. The molecule has 4 heteroatoms. The molecule has 0 aromatic heterocycles. The maximum atomic E-state index is 5.87. The van der Waals surface area contributed by atoms with Gasteiger partial charge in [0, 0.05) is 38.5 Å². The molecule has 2 fully saturated rings. The zero-order valence-electron chi connectivity index (χ0n) is 14.5. The molecule has 2 saturated heterocycles. The molecule has 0 aliphatic carbocycles. The van der Waals surface area contributed by atoms with Crippen molar-refractivity contribution in [3.05, 3.63) is 29.8 Å². The molecule has 4 nitrogen and oxygen atoms in total. The Bertz CT molecular complexity index is 478. The molecule has 0 amide bonds. The van der Waals surface area contributed by atoms with Crippen molar-refractivity contribution < 1.29 is 9.47 Å². The van der Waals surface area contributed by atoms with E-state index < -0.39 is 0 Å². The second-order valence-electron chi connectivity index (χ2n) is 7.01. The lowest BCUT2D eigenvalue weighted by molar-refractivity contribution is -0.00526. The van der Waals surface area contributed by atoms with Crippen molar-refractivity contribution >= 4 is 5.69 Å². The molecule has 0 spiro atoms. The van der Waals surface area contributed by atoms with E-state index in [1.54, 1.807) is 0 Å². The van der Waals surface area contributed by atoms with Gasteiger partial charge >= 0.3 is 0 Å². The highest BCUT2D eigenvalue weighted by Gasteiger charge is 2.23. The summed E-state index contributed by atoms with van der Waals surface area (Å²) in [4.78, 5) is 2.47. The third-order valence-electron chi connectivity index (χ3n) is 4.75. The Morgan fingerprint density at radius 1 is 1.17 bits per heavy atom. The number of anilines is 1. The molecule has 1 aromatic rings. The summed E-state index contributed by atoms with van der Waals surface area (Å²) in [6.45, 7) is 10.1. The van der Waals surface area contributed by atoms with Gasteiger partial charge in [-0.15, -0.1) is 0 Å². The Balaban J connectivity index is 1.58. The van der Waals surface area contributed by atoms with Gasteiger partial charge in [-0.05, 0) is 44.2 Å². The molecule has 23 heavy (non-hydrogen) atoms. The quantitative estimate of drug-likeness (QED) is 0.905. The van der Waals surface area contributed by atoms with Gasteiger partial charge in [0.2, 0.25) is 0 Å². The van der Waals surface area contributed by atoms with Crippen LogP contribution in [0.4, 0.5) is 5.69 Å². The predicted octanol–water partition coefficient (Wildman–Crippen LogP) is 2.82. The Morgan fingerprint density at radius 2 is 1.96 bits per heavy atom. The van der Waals surface area contributed by atoms with Gasteiger partial charge in [-0.1, -0.05) is 18.2 Å². The standard InChI is InChI=1S/C19H30N2O2/c1-15-12-21(13-16(2)23-15)19-8-4-3-7-18(19)11-20-10-17-6-5-9-22-14-17/h3-4,7-8,15-17,20H,5-6,9-14H2,1-2H3. The summed E-state index contributed by atoms with van der Waals surface area (Å²) in [7, 11) is 0. The van der Waals surface area contributed by atoms with E-state index in [1.165, 1.54) is 24.1 Å². The Labute approximate surface area is 140 Å². The Hall–Kier alpha value is -1.10. The van der Waals surface area contributed by atoms with Gasteiger partial charge in [-0.25, -0.2) is 0 Å². The third-order valence-corrected chi connectivity index (χ3v) is 4.75. The summed E-state index contributed by atoms with van der Waals surface area (Å²) >= 11 is 0. The van der Waals surface area contributed by atoms with Gasteiger partial charge in [0.25, 0.3) is 0 Å². The number of nitrogens with zero attached hydrogens (tertiary/aromatic N) is 1. The summed E-state index contributed by atoms with van der Waals surface area (Å²) < 4.78 is 11.4. The fraction of sp³-hybridized carbons (Fsp3) is 0.684. The molecule has 2 aliphatic rings. The van der Waals surface area contributed by atoms with E-state index in [9.17, 15) is 0 Å². The number of morpholine rings is 1. The summed E-state index contributed by atoms with van der Waals surface area (Å²) in [6.07, 6.45) is 3.07. The predicted molar refractivity (Wildman–Crippen MR) is 93.9 cm³/mol. The minimum Gasteiger partial charge on any atom is -0.381 e. The van der Waals surface area contributed by atoms with Crippen molar-refractivity contribution in [2.75, 3.05) is 37.7 Å². The smallest absolute Gasteiger partial charge is 0.0726 e. The number of benzene rings is 1. The lowest BCUT2D eigenvalue weighted by Gasteiger charge is -2.38. The Kier molecular flexibility index (Phi) is 5.92. The van der Waals surface area contributed by atoms with Crippen molar-refractivity contribution in [3.8, 4) is 0 Å². The van der Waals surface area contributed by atoms with Crippen LogP contribution in [0.2, 0.25) is 0 Å². The highest BCUT2D eigenvalue weighted by Crippen LogP contribution is 2.24. The van der Waals surface area contributed by atoms with Crippen molar-refractivity contribution in [2.24, 2.45) is 5.92 Å². The summed E-state index contributed by atoms with van der Waals surface area (Å²) in [5.41, 5.74) is 2.73. The van der Waals surface area contributed by atoms with Crippen molar-refractivity contribution in [2.45, 2.75) is 45.4 Å². The van der Waals surface area contributed by atoms with E-state index in [-0.39, 0.29) is 0 Å². The van der Waals surface area contributed by atoms with Gasteiger partial charge in [-0.3, -0.25) is 0 Å². The van der Waals surface area contributed by atoms with Gasteiger partial charge in [-0.2, -0.15) is 0 Å². The average Bonchev–Trinajstić information content (AvgIpc) is 2.55. The molecule has 3 rings (SSSR count). The average molecular weight is 318 g/mol. The molecular weight excluding hydrogens is 288 g/mol. The van der Waals surface area contributed by atoms with Crippen molar-refractivity contribution in [3.63, 3.8) is 0 Å². The molecule has 1 N–H and O–H groups in total. The van der Waals surface area contributed by atoms with Crippen LogP contribution in [0.1, 0.15) is 32.3 Å². The van der Waals surface area contributed by atoms with Crippen LogP contribution in [0.3, 0.4) is 0 Å². The number of ether oxygens (including phenoxy) is 2. The first-order chi connectivity index (χ1) is 11.2. The van der Waals surface area contributed by atoms with Crippen LogP contribution in [0.25, 0.3) is 0 Å². The number of hydrogen-bond acceptors (Lipinski definition) is 4. The van der Waals surface area contributed by atoms with Crippen LogP contribution >= 0.6 is 0 Å². The van der Waals surface area contributed by atoms with Crippen molar-refractivity contribution in [1.29, 1.82) is 0 Å². The molecule has 3 unspecified atom stereocenters. The minimum atomic E-state index is 0.291. The molecule has 0 radical (unpaired) electrons. The van der Waals surface area contributed by atoms with Crippen LogP contribution in [0, 0.1) is 5.92 Å². The zero-order chi connectivity index (χ0) is 16.1. The minimum absolute atomic E-state index is 0.291. The maximum Gasteiger partial charge on any atom is 0.0726 e. The first kappa shape index (κ1) is 16.7. The van der Waals surface area contributed by atoms with E-state index in [2.05, 4.69) is 48.3 Å². The molecule has 1 aromatic carbocycles. The normalized spacial score (nSPS) is 28.8. The summed E-state index contributed by atoms with van der Waals surface area (Å²) in [5, 5.41) is 3.64. The van der Waals surface area contributed by atoms with E-state index >= 15 is 0 Å². The molecule has 2 aliphatic heterocycles. The number of nitrogens with one attached hydrogen (secondary N) is 1. The van der Waals surface area contributed by atoms with Gasteiger partial charge in [0.05, 0.1) is 18.8 Å². The van der Waals surface area contributed by atoms with E-state index in [1.807, 2.05) is 0 Å². The van der Waals surface area contributed by atoms with E-state index in [4.69, 9.17) is 9.47 Å².